The molecule has 10 nitrogen and oxygen atoms in total. The molecule has 1 aliphatic rings. The van der Waals surface area contributed by atoms with Crippen molar-refractivity contribution in [3.63, 3.8) is 0 Å². The second kappa shape index (κ2) is 10.3. The number of hydrogen-bond acceptors (Lipinski definition) is 10. The van der Waals surface area contributed by atoms with Gasteiger partial charge in [-0.2, -0.15) is 20.1 Å². The fraction of sp³-hybridized carbons (Fsp3) is 0.286. The predicted octanol–water partition coefficient (Wildman–Crippen LogP) is 1.88. The minimum Gasteiger partial charge on any atom is -0.508 e. The number of anilines is 2. The molecule has 0 radical (unpaired) electrons. The molecule has 0 amide bonds. The van der Waals surface area contributed by atoms with Gasteiger partial charge in [-0.1, -0.05) is 6.07 Å². The van der Waals surface area contributed by atoms with Gasteiger partial charge in [0.05, 0.1) is 31.7 Å². The Morgan fingerprint density at radius 3 is 2.71 bits per heavy atom. The van der Waals surface area contributed by atoms with E-state index in [9.17, 15) is 5.11 Å². The minimum atomic E-state index is 0.189. The van der Waals surface area contributed by atoms with E-state index in [0.717, 1.165) is 11.4 Å². The Bertz CT molecular complexity index is 994. The molecule has 1 fully saturated rings. The zero-order valence-corrected chi connectivity index (χ0v) is 16.9. The second-order valence-corrected chi connectivity index (χ2v) is 6.71. The number of hydrazone groups is 1. The molecule has 1 aromatic carbocycles. The largest absolute Gasteiger partial charge is 0.508 e. The number of aromatic hydroxyl groups is 1. The highest BCUT2D eigenvalue weighted by atomic mass is 16.5. The van der Waals surface area contributed by atoms with Gasteiger partial charge in [0.15, 0.2) is 5.82 Å². The van der Waals surface area contributed by atoms with E-state index in [1.807, 2.05) is 23.1 Å². The molecular weight excluding hydrogens is 398 g/mol. The molecule has 0 saturated carbocycles. The van der Waals surface area contributed by atoms with Gasteiger partial charge in [-0.3, -0.25) is 10.4 Å². The van der Waals surface area contributed by atoms with E-state index in [0.29, 0.717) is 51.1 Å². The van der Waals surface area contributed by atoms with Gasteiger partial charge in [-0.15, -0.1) is 0 Å². The first kappa shape index (κ1) is 20.5. The highest BCUT2D eigenvalue weighted by molar-refractivity contribution is 5.75. The van der Waals surface area contributed by atoms with Crippen LogP contribution in [-0.4, -0.2) is 64.2 Å². The Morgan fingerprint density at radius 2 is 1.94 bits per heavy atom. The number of rotatable bonds is 8. The molecule has 0 bridgehead atoms. The molecule has 0 unspecified atom stereocenters. The summed E-state index contributed by atoms with van der Waals surface area (Å²) in [6, 6.07) is 12.6. The van der Waals surface area contributed by atoms with Gasteiger partial charge in [0.2, 0.25) is 5.95 Å². The number of pyridine rings is 1. The fourth-order valence-electron chi connectivity index (χ4n) is 2.88. The summed E-state index contributed by atoms with van der Waals surface area (Å²) < 4.78 is 11.2. The van der Waals surface area contributed by atoms with E-state index in [2.05, 4.69) is 30.5 Å². The Hall–Kier alpha value is -3.79. The van der Waals surface area contributed by atoms with E-state index in [1.165, 1.54) is 6.21 Å². The summed E-state index contributed by atoms with van der Waals surface area (Å²) in [4.78, 5) is 19.6. The molecule has 3 heterocycles. The summed E-state index contributed by atoms with van der Waals surface area (Å²) >= 11 is 0. The number of hydrogen-bond donors (Lipinski definition) is 2. The Labute approximate surface area is 179 Å². The maximum atomic E-state index is 9.36. The van der Waals surface area contributed by atoms with Crippen molar-refractivity contribution < 1.29 is 14.6 Å². The first-order valence-electron chi connectivity index (χ1n) is 9.96. The number of morpholine rings is 1. The van der Waals surface area contributed by atoms with Crippen molar-refractivity contribution in [2.75, 3.05) is 43.2 Å². The van der Waals surface area contributed by atoms with Crippen LogP contribution in [0.2, 0.25) is 0 Å². The number of aromatic nitrogens is 4. The zero-order chi connectivity index (χ0) is 21.3. The van der Waals surface area contributed by atoms with Crippen LogP contribution in [0.1, 0.15) is 11.5 Å². The minimum absolute atomic E-state index is 0.189. The molecule has 0 spiro atoms. The van der Waals surface area contributed by atoms with Crippen LogP contribution in [0.3, 0.4) is 0 Å². The third-order valence-corrected chi connectivity index (χ3v) is 4.47. The maximum Gasteiger partial charge on any atom is 0.321 e. The summed E-state index contributed by atoms with van der Waals surface area (Å²) in [7, 11) is 0. The van der Waals surface area contributed by atoms with E-state index in [4.69, 9.17) is 9.47 Å². The lowest BCUT2D eigenvalue weighted by Crippen LogP contribution is -2.37. The quantitative estimate of drug-likeness (QED) is 0.319. The predicted molar refractivity (Wildman–Crippen MR) is 116 cm³/mol. The molecule has 10 heteroatoms. The second-order valence-electron chi connectivity index (χ2n) is 6.71. The Kier molecular flexibility index (Phi) is 6.81. The summed E-state index contributed by atoms with van der Waals surface area (Å²) in [5.74, 6) is 1.09. The molecule has 0 atom stereocenters. The van der Waals surface area contributed by atoms with E-state index >= 15 is 0 Å². The van der Waals surface area contributed by atoms with Gasteiger partial charge in [0, 0.05) is 31.4 Å². The average molecular weight is 421 g/mol. The Morgan fingerprint density at radius 1 is 1.10 bits per heavy atom. The van der Waals surface area contributed by atoms with Gasteiger partial charge >= 0.3 is 6.01 Å². The lowest BCUT2D eigenvalue weighted by molar-refractivity contribution is 0.122. The molecule has 2 N–H and O–H groups in total. The standard InChI is InChI=1S/C21H23N7O3/c29-18-6-4-17(5-7-18)27-23-15-19-24-20(28-10-13-30-14-11-28)26-21(25-19)31-12-8-16-3-1-2-9-22-16/h1-7,9,15,27,29H,8,10-14H2/b23-15+. The van der Waals surface area contributed by atoms with E-state index in [-0.39, 0.29) is 11.8 Å². The number of phenolic OH excluding ortho intramolecular Hbond substituents is 1. The van der Waals surface area contributed by atoms with Crippen LogP contribution in [0.5, 0.6) is 11.8 Å². The monoisotopic (exact) mass is 421 g/mol. The molecule has 4 rings (SSSR count). The lowest BCUT2D eigenvalue weighted by Gasteiger charge is -2.26. The van der Waals surface area contributed by atoms with E-state index < -0.39 is 0 Å². The highest BCUT2D eigenvalue weighted by Gasteiger charge is 2.16. The van der Waals surface area contributed by atoms with Crippen LogP contribution in [0.4, 0.5) is 11.6 Å². The summed E-state index contributed by atoms with van der Waals surface area (Å²) in [6.45, 7) is 3.02. The third-order valence-electron chi connectivity index (χ3n) is 4.47. The van der Waals surface area contributed by atoms with Crippen molar-refractivity contribution in [2.45, 2.75) is 6.42 Å². The molecule has 31 heavy (non-hydrogen) atoms. The Balaban J connectivity index is 1.46. The molecule has 1 aliphatic heterocycles. The van der Waals surface area contributed by atoms with Crippen LogP contribution < -0.4 is 15.1 Å². The fourth-order valence-corrected chi connectivity index (χ4v) is 2.88. The van der Waals surface area contributed by atoms with Crippen molar-refractivity contribution >= 4 is 17.9 Å². The molecular formula is C21H23N7O3. The van der Waals surface area contributed by atoms with Crippen molar-refractivity contribution in [3.8, 4) is 11.8 Å². The number of ether oxygens (including phenoxy) is 2. The molecule has 3 aromatic rings. The number of nitrogens with one attached hydrogen (secondary N) is 1. The van der Waals surface area contributed by atoms with Crippen LogP contribution >= 0.6 is 0 Å². The topological polar surface area (TPSA) is 118 Å². The third kappa shape index (κ3) is 6.09. The zero-order valence-electron chi connectivity index (χ0n) is 16.9. The van der Waals surface area contributed by atoms with Crippen LogP contribution in [0.15, 0.2) is 53.8 Å². The van der Waals surface area contributed by atoms with Gasteiger partial charge in [-0.25, -0.2) is 0 Å². The molecule has 160 valence electrons. The number of nitrogens with zero attached hydrogens (tertiary/aromatic N) is 6. The molecule has 1 saturated heterocycles. The van der Waals surface area contributed by atoms with Gasteiger partial charge in [0.1, 0.15) is 5.75 Å². The lowest BCUT2D eigenvalue weighted by atomic mass is 10.3. The summed E-state index contributed by atoms with van der Waals surface area (Å²) in [6.07, 6.45) is 3.90. The van der Waals surface area contributed by atoms with Crippen molar-refractivity contribution in [2.24, 2.45) is 5.10 Å². The van der Waals surface area contributed by atoms with Gasteiger partial charge in [-0.05, 0) is 36.4 Å². The van der Waals surface area contributed by atoms with Gasteiger partial charge in [0.25, 0.3) is 0 Å². The van der Waals surface area contributed by atoms with Crippen molar-refractivity contribution in [1.82, 2.24) is 19.9 Å². The first-order chi connectivity index (χ1) is 15.3. The molecule has 2 aromatic heterocycles. The smallest absolute Gasteiger partial charge is 0.321 e. The number of benzene rings is 1. The normalized spacial score (nSPS) is 14.0. The van der Waals surface area contributed by atoms with Crippen LogP contribution in [-0.2, 0) is 11.2 Å². The SMILES string of the molecule is Oc1ccc(N/N=C/c2nc(OCCc3ccccn3)nc(N3CCOCC3)n2)cc1. The highest BCUT2D eigenvalue weighted by Crippen LogP contribution is 2.15. The summed E-state index contributed by atoms with van der Waals surface area (Å²) in [5.41, 5.74) is 4.54. The van der Waals surface area contributed by atoms with E-state index in [1.54, 1.807) is 30.5 Å². The average Bonchev–Trinajstić information content (AvgIpc) is 2.82. The van der Waals surface area contributed by atoms with Crippen molar-refractivity contribution in [1.29, 1.82) is 0 Å². The van der Waals surface area contributed by atoms with Crippen LogP contribution in [0, 0.1) is 0 Å². The van der Waals surface area contributed by atoms with Gasteiger partial charge < -0.3 is 19.5 Å². The summed E-state index contributed by atoms with van der Waals surface area (Å²) in [5, 5.41) is 13.5. The molecule has 0 aliphatic carbocycles. The van der Waals surface area contributed by atoms with Crippen LogP contribution in [0.25, 0.3) is 0 Å². The van der Waals surface area contributed by atoms with Crippen molar-refractivity contribution in [3.05, 3.63) is 60.2 Å². The first-order valence-corrected chi connectivity index (χ1v) is 9.96. The maximum absolute atomic E-state index is 9.36. The number of phenols is 1.